The minimum absolute atomic E-state index is 0.105. The van der Waals surface area contributed by atoms with Gasteiger partial charge in [-0.1, -0.05) is 29.3 Å². The number of amides is 1. The van der Waals surface area contributed by atoms with Crippen molar-refractivity contribution in [3.63, 3.8) is 0 Å². The Labute approximate surface area is 164 Å². The number of halogens is 2. The largest absolute Gasteiger partial charge is 0.348 e. The Bertz CT molecular complexity index is 1060. The molecule has 0 bridgehead atoms. The lowest BCUT2D eigenvalue weighted by atomic mass is 10.1. The first kappa shape index (κ1) is 18.9. The lowest BCUT2D eigenvalue weighted by Crippen LogP contribution is -2.34. The molecule has 136 valence electrons. The third-order valence-corrected chi connectivity index (χ3v) is 5.95. The maximum atomic E-state index is 12.7. The summed E-state index contributed by atoms with van der Waals surface area (Å²) in [6.07, 6.45) is 1.42. The highest BCUT2D eigenvalue weighted by atomic mass is 35.5. The Morgan fingerprint density at radius 1 is 1.35 bits per heavy atom. The Morgan fingerprint density at radius 3 is 2.77 bits per heavy atom. The molecule has 0 unspecified atom stereocenters. The van der Waals surface area contributed by atoms with Gasteiger partial charge in [-0.05, 0) is 44.0 Å². The molecule has 2 aromatic heterocycles. The fraction of sp³-hybridized carbons (Fsp3) is 0.278. The monoisotopic (exact) mass is 409 g/mol. The first-order valence-corrected chi connectivity index (χ1v) is 9.54. The molecule has 1 N–H and O–H groups in total. The van der Waals surface area contributed by atoms with Gasteiger partial charge in [-0.25, -0.2) is 4.98 Å². The average Bonchev–Trinajstić information content (AvgIpc) is 2.85. The van der Waals surface area contributed by atoms with Crippen molar-refractivity contribution in [3.8, 4) is 0 Å². The van der Waals surface area contributed by atoms with Crippen LogP contribution in [0.2, 0.25) is 10.0 Å². The van der Waals surface area contributed by atoms with Crippen molar-refractivity contribution >= 4 is 50.7 Å². The van der Waals surface area contributed by atoms with Gasteiger partial charge in [0.15, 0.2) is 0 Å². The van der Waals surface area contributed by atoms with Gasteiger partial charge in [0.05, 0.1) is 17.8 Å². The highest BCUT2D eigenvalue weighted by Crippen LogP contribution is 2.26. The zero-order valence-electron chi connectivity index (χ0n) is 14.5. The minimum Gasteiger partial charge on any atom is -0.348 e. The summed E-state index contributed by atoms with van der Waals surface area (Å²) in [5, 5.41) is 4.44. The summed E-state index contributed by atoms with van der Waals surface area (Å²) in [5.41, 5.74) is 1.47. The van der Waals surface area contributed by atoms with Crippen LogP contribution in [0.1, 0.15) is 29.0 Å². The minimum atomic E-state index is -0.315. The summed E-state index contributed by atoms with van der Waals surface area (Å²) in [5.74, 6) is -0.295. The number of nitrogens with zero attached hydrogens (tertiary/aromatic N) is 2. The van der Waals surface area contributed by atoms with Gasteiger partial charge in [0.2, 0.25) is 5.91 Å². The van der Waals surface area contributed by atoms with Crippen LogP contribution in [-0.2, 0) is 11.3 Å². The van der Waals surface area contributed by atoms with E-state index < -0.39 is 0 Å². The van der Waals surface area contributed by atoms with E-state index in [1.807, 2.05) is 20.8 Å². The fourth-order valence-corrected chi connectivity index (χ4v) is 4.31. The second-order valence-corrected chi connectivity index (χ2v) is 8.14. The number of carbonyl (C=O) groups excluding carboxylic acids is 1. The van der Waals surface area contributed by atoms with Crippen LogP contribution in [0.5, 0.6) is 0 Å². The molecule has 5 nitrogen and oxygen atoms in total. The lowest BCUT2D eigenvalue weighted by Gasteiger charge is -2.16. The van der Waals surface area contributed by atoms with Gasteiger partial charge in [0.1, 0.15) is 11.4 Å². The normalized spacial score (nSPS) is 12.3. The SMILES string of the molecule is Cc1sc2ncn(CC(=O)N[C@H](C)c3ccc(Cl)cc3Cl)c(=O)c2c1C. The quantitative estimate of drug-likeness (QED) is 0.699. The number of hydrogen-bond donors (Lipinski definition) is 1. The van der Waals surface area contributed by atoms with Crippen molar-refractivity contribution < 1.29 is 4.79 Å². The summed E-state index contributed by atoms with van der Waals surface area (Å²) < 4.78 is 1.33. The van der Waals surface area contributed by atoms with Gasteiger partial charge >= 0.3 is 0 Å². The fourth-order valence-electron chi connectivity index (χ4n) is 2.75. The van der Waals surface area contributed by atoms with Gasteiger partial charge < -0.3 is 5.32 Å². The van der Waals surface area contributed by atoms with Crippen LogP contribution >= 0.6 is 34.5 Å². The molecule has 3 rings (SSSR count). The molecule has 8 heteroatoms. The Balaban J connectivity index is 1.80. The highest BCUT2D eigenvalue weighted by molar-refractivity contribution is 7.18. The molecular weight excluding hydrogens is 393 g/mol. The van der Waals surface area contributed by atoms with Gasteiger partial charge in [0.25, 0.3) is 5.56 Å². The average molecular weight is 410 g/mol. The number of nitrogens with one attached hydrogen (secondary N) is 1. The van der Waals surface area contributed by atoms with Crippen LogP contribution in [0.4, 0.5) is 0 Å². The molecule has 0 spiro atoms. The van der Waals surface area contributed by atoms with Crippen molar-refractivity contribution in [2.75, 3.05) is 0 Å². The van der Waals surface area contributed by atoms with Crippen LogP contribution in [0.15, 0.2) is 29.3 Å². The zero-order valence-corrected chi connectivity index (χ0v) is 16.8. The summed E-state index contributed by atoms with van der Waals surface area (Å²) in [4.78, 5) is 31.1. The van der Waals surface area contributed by atoms with Gasteiger partial charge in [-0.15, -0.1) is 11.3 Å². The van der Waals surface area contributed by atoms with Crippen molar-refractivity contribution in [1.29, 1.82) is 0 Å². The third-order valence-electron chi connectivity index (χ3n) is 4.28. The maximum Gasteiger partial charge on any atom is 0.262 e. The molecule has 0 aliphatic heterocycles. The molecule has 1 atom stereocenters. The van der Waals surface area contributed by atoms with Crippen molar-refractivity contribution in [1.82, 2.24) is 14.9 Å². The molecule has 0 aliphatic rings. The van der Waals surface area contributed by atoms with Gasteiger partial charge in [-0.3, -0.25) is 14.2 Å². The van der Waals surface area contributed by atoms with E-state index in [4.69, 9.17) is 23.2 Å². The van der Waals surface area contributed by atoms with Crippen molar-refractivity contribution in [3.05, 3.63) is 60.9 Å². The van der Waals surface area contributed by atoms with Crippen molar-refractivity contribution in [2.45, 2.75) is 33.4 Å². The smallest absolute Gasteiger partial charge is 0.262 e. The number of thiophene rings is 1. The number of aryl methyl sites for hydroxylation is 2. The molecular formula is C18H17Cl2N3O2S. The first-order chi connectivity index (χ1) is 12.3. The maximum absolute atomic E-state index is 12.7. The van der Waals surface area contributed by atoms with E-state index in [0.29, 0.717) is 20.3 Å². The van der Waals surface area contributed by atoms with E-state index in [2.05, 4.69) is 10.3 Å². The van der Waals surface area contributed by atoms with E-state index in [9.17, 15) is 9.59 Å². The highest BCUT2D eigenvalue weighted by Gasteiger charge is 2.16. The Hall–Kier alpha value is -1.89. The predicted molar refractivity (Wildman–Crippen MR) is 106 cm³/mol. The first-order valence-electron chi connectivity index (χ1n) is 7.97. The lowest BCUT2D eigenvalue weighted by molar-refractivity contribution is -0.122. The van der Waals surface area contributed by atoms with E-state index in [0.717, 1.165) is 16.0 Å². The van der Waals surface area contributed by atoms with Crippen LogP contribution in [-0.4, -0.2) is 15.5 Å². The molecule has 1 aromatic carbocycles. The molecule has 0 saturated carbocycles. The molecule has 0 radical (unpaired) electrons. The topological polar surface area (TPSA) is 64.0 Å². The standard InChI is InChI=1S/C18H17Cl2N3O2S/c1-9-11(3)26-17-16(9)18(25)23(8-21-17)7-15(24)22-10(2)13-5-4-12(19)6-14(13)20/h4-6,8,10H,7H2,1-3H3,(H,22,24)/t10-/m1/s1. The van der Waals surface area contributed by atoms with Crippen molar-refractivity contribution in [2.24, 2.45) is 0 Å². The second-order valence-electron chi connectivity index (χ2n) is 6.10. The number of fused-ring (bicyclic) bond motifs is 1. The molecule has 1 amide bonds. The predicted octanol–water partition coefficient (Wildman–Crippen LogP) is 4.26. The molecule has 0 aliphatic carbocycles. The Morgan fingerprint density at radius 2 is 2.08 bits per heavy atom. The number of aromatic nitrogens is 2. The number of carbonyl (C=O) groups is 1. The molecule has 26 heavy (non-hydrogen) atoms. The zero-order chi connectivity index (χ0) is 19.0. The van der Waals surface area contributed by atoms with E-state index in [-0.39, 0.29) is 24.1 Å². The number of rotatable bonds is 4. The summed E-state index contributed by atoms with van der Waals surface area (Å²) in [6, 6.07) is 4.80. The van der Waals surface area contributed by atoms with Gasteiger partial charge in [0, 0.05) is 14.9 Å². The van der Waals surface area contributed by atoms with E-state index >= 15 is 0 Å². The van der Waals surface area contributed by atoms with Crippen LogP contribution < -0.4 is 10.9 Å². The summed E-state index contributed by atoms with van der Waals surface area (Å²) in [7, 11) is 0. The van der Waals surface area contributed by atoms with Gasteiger partial charge in [-0.2, -0.15) is 0 Å². The van der Waals surface area contributed by atoms with Crippen LogP contribution in [0.25, 0.3) is 10.2 Å². The Kier molecular flexibility index (Phi) is 5.37. The molecule has 2 heterocycles. The molecule has 3 aromatic rings. The van der Waals surface area contributed by atoms with Crippen LogP contribution in [0.3, 0.4) is 0 Å². The summed E-state index contributed by atoms with van der Waals surface area (Å²) in [6.45, 7) is 5.57. The second kappa shape index (κ2) is 7.39. The van der Waals surface area contributed by atoms with E-state index in [1.54, 1.807) is 18.2 Å². The number of hydrogen-bond acceptors (Lipinski definition) is 4. The summed E-state index contributed by atoms with van der Waals surface area (Å²) >= 11 is 13.6. The van der Waals surface area contributed by atoms with Crippen LogP contribution in [0, 0.1) is 13.8 Å². The van der Waals surface area contributed by atoms with E-state index in [1.165, 1.54) is 22.2 Å². The molecule has 0 fully saturated rings. The number of benzene rings is 1. The molecule has 0 saturated heterocycles. The third kappa shape index (κ3) is 3.63.